The monoisotopic (exact) mass is 402 g/mol. The Balaban J connectivity index is 0.00000119. The number of hydrogen-bond donors (Lipinski definition) is 4. The molecule has 158 valence electrons. The lowest BCUT2D eigenvalue weighted by Gasteiger charge is -2.32. The van der Waals surface area contributed by atoms with Gasteiger partial charge in [0.05, 0.1) is 0 Å². The van der Waals surface area contributed by atoms with E-state index in [9.17, 15) is 9.79 Å². The zero-order chi connectivity index (χ0) is 21.6. The summed E-state index contributed by atoms with van der Waals surface area (Å²) in [6.07, 6.45) is 0.500. The Hall–Kier alpha value is -0.710. The van der Waals surface area contributed by atoms with Crippen LogP contribution in [-0.2, 0) is 16.2 Å². The summed E-state index contributed by atoms with van der Waals surface area (Å²) in [6.45, 7) is 19.4. The van der Waals surface area contributed by atoms with Crippen molar-refractivity contribution in [1.82, 2.24) is 0 Å². The van der Waals surface area contributed by atoms with Gasteiger partial charge < -0.3 is 24.5 Å². The van der Waals surface area contributed by atoms with Gasteiger partial charge in [-0.1, -0.05) is 74.4 Å². The molecule has 0 unspecified atom stereocenters. The first-order valence-electron chi connectivity index (χ1n) is 9.32. The van der Waals surface area contributed by atoms with Crippen molar-refractivity contribution in [1.29, 1.82) is 0 Å². The van der Waals surface area contributed by atoms with Crippen LogP contribution in [0.4, 0.5) is 0 Å². The quantitative estimate of drug-likeness (QED) is 0.556. The first-order valence-corrected chi connectivity index (χ1v) is 10.5. The second-order valence-corrected chi connectivity index (χ2v) is 10.5. The van der Waals surface area contributed by atoms with Gasteiger partial charge in [-0.25, -0.2) is 0 Å². The highest BCUT2D eigenvalue weighted by atomic mass is 31.2. The molecule has 6 heteroatoms. The molecule has 0 aromatic heterocycles. The Labute approximate surface area is 166 Å². The minimum atomic E-state index is -2.44. The number of benzene rings is 1. The van der Waals surface area contributed by atoms with E-state index >= 15 is 0 Å². The zero-order valence-electron chi connectivity index (χ0n) is 18.4. The predicted molar refractivity (Wildman–Crippen MR) is 113 cm³/mol. The summed E-state index contributed by atoms with van der Waals surface area (Å²) in [5, 5.41) is 15.8. The highest BCUT2D eigenvalue weighted by Gasteiger charge is 2.31. The standard InChI is InChI=1S/C18H31O3P.C3H8O2/c1-16(2,3)12-10-13(17(4,5)6)15(21-22(19)20)14(11-12)18(7,8)9;4-2-1-3-5/h10-11,19-20H,1-9H3;4-5H,1-3H2. The molecule has 0 aliphatic rings. The molecule has 5 nitrogen and oxygen atoms in total. The second-order valence-electron chi connectivity index (χ2n) is 9.80. The lowest BCUT2D eigenvalue weighted by molar-refractivity contribution is 0.221. The van der Waals surface area contributed by atoms with Crippen LogP contribution < -0.4 is 4.52 Å². The van der Waals surface area contributed by atoms with Crippen LogP contribution in [0.2, 0.25) is 0 Å². The average molecular weight is 403 g/mol. The van der Waals surface area contributed by atoms with Crippen LogP contribution in [0.25, 0.3) is 0 Å². The molecule has 0 radical (unpaired) electrons. The molecular weight excluding hydrogens is 363 g/mol. The van der Waals surface area contributed by atoms with Crippen LogP contribution >= 0.6 is 8.60 Å². The van der Waals surface area contributed by atoms with Gasteiger partial charge in [0, 0.05) is 24.3 Å². The number of rotatable bonds is 4. The third-order valence-corrected chi connectivity index (χ3v) is 4.41. The smallest absolute Gasteiger partial charge is 0.391 e. The van der Waals surface area contributed by atoms with Gasteiger partial charge in [-0.15, -0.1) is 0 Å². The Morgan fingerprint density at radius 1 is 0.741 bits per heavy atom. The van der Waals surface area contributed by atoms with E-state index < -0.39 is 8.60 Å². The number of hydrogen-bond acceptors (Lipinski definition) is 5. The maximum Gasteiger partial charge on any atom is 0.391 e. The topological polar surface area (TPSA) is 90.2 Å². The fraction of sp³-hybridized carbons (Fsp3) is 0.714. The molecule has 0 amide bonds. The van der Waals surface area contributed by atoms with E-state index in [1.807, 2.05) is 0 Å². The van der Waals surface area contributed by atoms with Gasteiger partial charge in [0.2, 0.25) is 0 Å². The van der Waals surface area contributed by atoms with Gasteiger partial charge in [-0.05, 0) is 28.2 Å². The molecule has 0 bridgehead atoms. The van der Waals surface area contributed by atoms with Crippen molar-refractivity contribution in [3.05, 3.63) is 28.8 Å². The van der Waals surface area contributed by atoms with Crippen molar-refractivity contribution in [3.63, 3.8) is 0 Å². The molecule has 4 N–H and O–H groups in total. The largest absolute Gasteiger partial charge is 0.426 e. The third-order valence-electron chi connectivity index (χ3n) is 4.06. The van der Waals surface area contributed by atoms with E-state index in [1.54, 1.807) is 0 Å². The predicted octanol–water partition coefficient (Wildman–Crippen LogP) is 4.53. The van der Waals surface area contributed by atoms with Crippen molar-refractivity contribution < 1.29 is 24.5 Å². The summed E-state index contributed by atoms with van der Waals surface area (Å²) in [5.41, 5.74) is 2.97. The van der Waals surface area contributed by atoms with Crippen molar-refractivity contribution in [2.24, 2.45) is 0 Å². The molecule has 0 aliphatic heterocycles. The third kappa shape index (κ3) is 8.89. The van der Waals surface area contributed by atoms with Crippen molar-refractivity contribution in [2.75, 3.05) is 13.2 Å². The van der Waals surface area contributed by atoms with E-state index in [4.69, 9.17) is 14.7 Å². The van der Waals surface area contributed by atoms with E-state index in [-0.39, 0.29) is 29.5 Å². The SMILES string of the molecule is CC(C)(C)c1cc(C(C)(C)C)c(OP(O)O)c(C(C)(C)C)c1.OCCCO. The highest BCUT2D eigenvalue weighted by molar-refractivity contribution is 7.39. The summed E-state index contributed by atoms with van der Waals surface area (Å²) < 4.78 is 5.47. The highest BCUT2D eigenvalue weighted by Crippen LogP contribution is 2.46. The van der Waals surface area contributed by atoms with Gasteiger partial charge in [0.25, 0.3) is 0 Å². The molecular formula is C21H39O5P. The molecule has 0 atom stereocenters. The minimum Gasteiger partial charge on any atom is -0.426 e. The molecule has 1 aromatic carbocycles. The average Bonchev–Trinajstić information content (AvgIpc) is 2.44. The molecule has 0 saturated carbocycles. The molecule has 1 rings (SSSR count). The summed E-state index contributed by atoms with van der Waals surface area (Å²) in [4.78, 5) is 18.8. The van der Waals surface area contributed by atoms with Crippen LogP contribution in [0.15, 0.2) is 12.1 Å². The lowest BCUT2D eigenvalue weighted by Crippen LogP contribution is -2.22. The Morgan fingerprint density at radius 2 is 1.11 bits per heavy atom. The maximum atomic E-state index is 9.41. The number of aliphatic hydroxyl groups is 2. The van der Waals surface area contributed by atoms with Crippen LogP contribution in [0.1, 0.15) is 85.4 Å². The van der Waals surface area contributed by atoms with Crippen LogP contribution in [0, 0.1) is 0 Å². The second kappa shape index (κ2) is 10.2. The van der Waals surface area contributed by atoms with Crippen molar-refractivity contribution in [2.45, 2.75) is 85.0 Å². The first kappa shape index (κ1) is 26.3. The Morgan fingerprint density at radius 3 is 1.30 bits per heavy atom. The van der Waals surface area contributed by atoms with Crippen molar-refractivity contribution >= 4 is 8.60 Å². The van der Waals surface area contributed by atoms with Crippen LogP contribution in [0.5, 0.6) is 5.75 Å². The summed E-state index contributed by atoms with van der Waals surface area (Å²) in [7, 11) is -2.44. The molecule has 0 heterocycles. The fourth-order valence-electron chi connectivity index (χ4n) is 2.43. The Bertz CT molecular complexity index is 541. The molecule has 0 spiro atoms. The van der Waals surface area contributed by atoms with E-state index in [0.29, 0.717) is 12.2 Å². The van der Waals surface area contributed by atoms with Gasteiger partial charge in [0.1, 0.15) is 5.75 Å². The normalized spacial score (nSPS) is 12.7. The Kier molecular flexibility index (Phi) is 9.91. The number of aliphatic hydroxyl groups excluding tert-OH is 2. The maximum absolute atomic E-state index is 9.41. The summed E-state index contributed by atoms with van der Waals surface area (Å²) in [5.74, 6) is 0.615. The summed E-state index contributed by atoms with van der Waals surface area (Å²) >= 11 is 0. The van der Waals surface area contributed by atoms with Crippen LogP contribution in [0.3, 0.4) is 0 Å². The first-order chi connectivity index (χ1) is 12.1. The molecule has 0 fully saturated rings. The van der Waals surface area contributed by atoms with E-state index in [2.05, 4.69) is 74.4 Å². The molecule has 0 aliphatic carbocycles. The summed E-state index contributed by atoms with van der Waals surface area (Å²) in [6, 6.07) is 4.28. The lowest BCUT2D eigenvalue weighted by atomic mass is 9.75. The van der Waals surface area contributed by atoms with Crippen LogP contribution in [-0.4, -0.2) is 33.2 Å². The van der Waals surface area contributed by atoms with Gasteiger partial charge in [0.15, 0.2) is 0 Å². The molecule has 1 aromatic rings. The van der Waals surface area contributed by atoms with E-state index in [1.165, 1.54) is 5.56 Å². The minimum absolute atomic E-state index is 0.0156. The van der Waals surface area contributed by atoms with E-state index in [0.717, 1.165) is 11.1 Å². The van der Waals surface area contributed by atoms with Gasteiger partial charge in [-0.2, -0.15) is 0 Å². The van der Waals surface area contributed by atoms with Crippen molar-refractivity contribution in [3.8, 4) is 5.75 Å². The zero-order valence-corrected chi connectivity index (χ0v) is 19.3. The van der Waals surface area contributed by atoms with Gasteiger partial charge >= 0.3 is 8.60 Å². The van der Waals surface area contributed by atoms with Gasteiger partial charge in [-0.3, -0.25) is 0 Å². The fourth-order valence-corrected chi connectivity index (χ4v) is 2.79. The molecule has 27 heavy (non-hydrogen) atoms. The molecule has 0 saturated heterocycles.